The normalized spacial score (nSPS) is 10.0. The number of nitrogens with one attached hydrogen (secondary N) is 2. The molecule has 1 amide bonds. The molecule has 0 radical (unpaired) electrons. The van der Waals surface area contributed by atoms with Crippen LogP contribution in [0.15, 0.2) is 46.9 Å². The van der Waals surface area contributed by atoms with Crippen molar-refractivity contribution in [3.63, 3.8) is 0 Å². The number of carbonyl (C=O) groups is 1. The van der Waals surface area contributed by atoms with E-state index >= 15 is 0 Å². The number of hydrogen-bond acceptors (Lipinski definition) is 3. The quantitative estimate of drug-likeness (QED) is 0.771. The second-order valence-electron chi connectivity index (χ2n) is 4.73. The Morgan fingerprint density at radius 2 is 1.96 bits per heavy atom. The predicted octanol–water partition coefficient (Wildman–Crippen LogP) is 3.79. The summed E-state index contributed by atoms with van der Waals surface area (Å²) in [7, 11) is 0. The summed E-state index contributed by atoms with van der Waals surface area (Å²) >= 11 is 8.39. The highest BCUT2D eigenvalue weighted by Crippen LogP contribution is 2.25. The Hall–Kier alpha value is -1.99. The van der Waals surface area contributed by atoms with Crippen molar-refractivity contribution in [3.8, 4) is 5.75 Å². The van der Waals surface area contributed by atoms with E-state index in [2.05, 4.69) is 26.6 Å². The van der Waals surface area contributed by atoms with E-state index in [1.54, 1.807) is 6.07 Å². The molecule has 0 aromatic heterocycles. The maximum atomic E-state index is 12.8. The molecule has 23 heavy (non-hydrogen) atoms. The summed E-state index contributed by atoms with van der Waals surface area (Å²) in [5, 5.41) is 5.40. The van der Waals surface area contributed by atoms with Crippen molar-refractivity contribution < 1.29 is 13.9 Å². The lowest BCUT2D eigenvalue weighted by molar-refractivity contribution is -0.121. The highest BCUT2D eigenvalue weighted by atomic mass is 79.9. The zero-order valence-corrected chi connectivity index (χ0v) is 14.6. The Bertz CT molecular complexity index is 723. The molecule has 0 aliphatic rings. The molecule has 0 saturated carbocycles. The third-order valence-corrected chi connectivity index (χ3v) is 3.63. The minimum atomic E-state index is -0.392. The smallest absolute Gasteiger partial charge is 0.264 e. The van der Waals surface area contributed by atoms with E-state index < -0.39 is 5.91 Å². The molecule has 0 atom stereocenters. The fourth-order valence-corrected chi connectivity index (χ4v) is 2.56. The summed E-state index contributed by atoms with van der Waals surface area (Å²) in [6.07, 6.45) is 0. The van der Waals surface area contributed by atoms with Gasteiger partial charge in [-0.25, -0.2) is 4.39 Å². The van der Waals surface area contributed by atoms with E-state index in [-0.39, 0.29) is 17.5 Å². The van der Waals surface area contributed by atoms with Gasteiger partial charge in [-0.15, -0.1) is 0 Å². The Morgan fingerprint density at radius 3 is 2.61 bits per heavy atom. The number of aryl methyl sites for hydroxylation is 1. The summed E-state index contributed by atoms with van der Waals surface area (Å²) in [5.41, 5.74) is 1.66. The second kappa shape index (κ2) is 8.03. The van der Waals surface area contributed by atoms with Gasteiger partial charge in [-0.1, -0.05) is 6.07 Å². The topological polar surface area (TPSA) is 50.4 Å². The second-order valence-corrected chi connectivity index (χ2v) is 5.99. The van der Waals surface area contributed by atoms with Crippen LogP contribution in [0.4, 0.5) is 10.1 Å². The Kier molecular flexibility index (Phi) is 6.06. The molecule has 2 aromatic carbocycles. The van der Waals surface area contributed by atoms with Gasteiger partial charge >= 0.3 is 0 Å². The number of thiocarbonyl (C=S) groups is 1. The standard InChI is InChI=1S/C16H14BrFN2O2S/c1-10-2-7-14(13(17)8-10)22-9-15(21)20-16(23)19-12-5-3-11(18)4-6-12/h2-8H,9H2,1H3,(H2,19,20,21,23). The first-order valence-electron chi connectivity index (χ1n) is 6.69. The van der Waals surface area contributed by atoms with Crippen LogP contribution >= 0.6 is 28.1 Å². The van der Waals surface area contributed by atoms with Gasteiger partial charge in [-0.2, -0.15) is 0 Å². The monoisotopic (exact) mass is 396 g/mol. The summed E-state index contributed by atoms with van der Waals surface area (Å²) in [5.74, 6) is -0.164. The van der Waals surface area contributed by atoms with Gasteiger partial charge < -0.3 is 10.1 Å². The molecular formula is C16H14BrFN2O2S. The van der Waals surface area contributed by atoms with Crippen molar-refractivity contribution in [2.45, 2.75) is 6.92 Å². The number of halogens is 2. The van der Waals surface area contributed by atoms with Gasteiger partial charge in [0.05, 0.1) is 4.47 Å². The van der Waals surface area contributed by atoms with Crippen LogP contribution in [0.25, 0.3) is 0 Å². The zero-order chi connectivity index (χ0) is 16.8. The lowest BCUT2D eigenvalue weighted by Gasteiger charge is -2.11. The fourth-order valence-electron chi connectivity index (χ4n) is 1.72. The molecule has 2 N–H and O–H groups in total. The van der Waals surface area contributed by atoms with E-state index in [1.807, 2.05) is 19.1 Å². The van der Waals surface area contributed by atoms with Crippen molar-refractivity contribution >= 4 is 44.9 Å². The predicted molar refractivity (Wildman–Crippen MR) is 95.1 cm³/mol. The number of anilines is 1. The van der Waals surface area contributed by atoms with Crippen molar-refractivity contribution in [2.75, 3.05) is 11.9 Å². The van der Waals surface area contributed by atoms with Crippen LogP contribution in [0.2, 0.25) is 0 Å². The van der Waals surface area contributed by atoms with E-state index in [0.29, 0.717) is 11.4 Å². The molecular weight excluding hydrogens is 383 g/mol. The zero-order valence-electron chi connectivity index (χ0n) is 12.2. The van der Waals surface area contributed by atoms with Crippen molar-refractivity contribution in [2.24, 2.45) is 0 Å². The highest BCUT2D eigenvalue weighted by molar-refractivity contribution is 9.10. The lowest BCUT2D eigenvalue weighted by Crippen LogP contribution is -2.37. The molecule has 0 saturated heterocycles. The largest absolute Gasteiger partial charge is 0.483 e. The molecule has 2 aromatic rings. The maximum absolute atomic E-state index is 12.8. The number of benzene rings is 2. The van der Waals surface area contributed by atoms with Crippen LogP contribution < -0.4 is 15.4 Å². The highest BCUT2D eigenvalue weighted by Gasteiger charge is 2.08. The summed E-state index contributed by atoms with van der Waals surface area (Å²) in [4.78, 5) is 11.8. The van der Waals surface area contributed by atoms with Crippen LogP contribution in [0.1, 0.15) is 5.56 Å². The summed E-state index contributed by atoms with van der Waals surface area (Å²) in [6, 6.07) is 11.2. The van der Waals surface area contributed by atoms with Crippen molar-refractivity contribution in [1.82, 2.24) is 5.32 Å². The SMILES string of the molecule is Cc1ccc(OCC(=O)NC(=S)Nc2ccc(F)cc2)c(Br)c1. The first-order valence-corrected chi connectivity index (χ1v) is 7.89. The molecule has 0 spiro atoms. The molecule has 2 rings (SSSR count). The number of rotatable bonds is 4. The lowest BCUT2D eigenvalue weighted by atomic mass is 10.2. The van der Waals surface area contributed by atoms with Gasteiger partial charge in [0.1, 0.15) is 11.6 Å². The number of hydrogen-bond donors (Lipinski definition) is 2. The Labute approximate surface area is 147 Å². The molecule has 0 bridgehead atoms. The maximum Gasteiger partial charge on any atom is 0.264 e. The van der Waals surface area contributed by atoms with Gasteiger partial charge in [-0.3, -0.25) is 10.1 Å². The van der Waals surface area contributed by atoms with Gasteiger partial charge in [0.15, 0.2) is 11.7 Å². The third kappa shape index (κ3) is 5.61. The molecule has 0 unspecified atom stereocenters. The average Bonchev–Trinajstić information content (AvgIpc) is 2.48. The molecule has 7 heteroatoms. The minimum absolute atomic E-state index is 0.119. The van der Waals surface area contributed by atoms with Crippen molar-refractivity contribution in [3.05, 3.63) is 58.3 Å². The summed E-state index contributed by atoms with van der Waals surface area (Å²) in [6.45, 7) is 1.79. The van der Waals surface area contributed by atoms with Crippen molar-refractivity contribution in [1.29, 1.82) is 0 Å². The van der Waals surface area contributed by atoms with E-state index in [9.17, 15) is 9.18 Å². The van der Waals surface area contributed by atoms with Crippen LogP contribution in [0.3, 0.4) is 0 Å². The Morgan fingerprint density at radius 1 is 1.26 bits per heavy atom. The van der Waals surface area contributed by atoms with Crippen LogP contribution in [-0.4, -0.2) is 17.6 Å². The average molecular weight is 397 g/mol. The number of carbonyl (C=O) groups excluding carboxylic acids is 1. The van der Waals surface area contributed by atoms with E-state index in [0.717, 1.165) is 10.0 Å². The first kappa shape index (κ1) is 17.4. The number of ether oxygens (including phenoxy) is 1. The van der Waals surface area contributed by atoms with Gasteiger partial charge in [-0.05, 0) is 77.0 Å². The van der Waals surface area contributed by atoms with Crippen LogP contribution in [0, 0.1) is 12.7 Å². The number of amides is 1. The first-order chi connectivity index (χ1) is 10.9. The summed E-state index contributed by atoms with van der Waals surface area (Å²) < 4.78 is 19.0. The van der Waals surface area contributed by atoms with E-state index in [1.165, 1.54) is 24.3 Å². The van der Waals surface area contributed by atoms with Gasteiger partial charge in [0.25, 0.3) is 5.91 Å². The molecule has 0 fully saturated rings. The Balaban J connectivity index is 1.82. The third-order valence-electron chi connectivity index (χ3n) is 2.80. The van der Waals surface area contributed by atoms with Gasteiger partial charge in [0.2, 0.25) is 0 Å². The molecule has 0 aliphatic heterocycles. The molecule has 0 heterocycles. The van der Waals surface area contributed by atoms with Gasteiger partial charge in [0, 0.05) is 5.69 Å². The van der Waals surface area contributed by atoms with E-state index in [4.69, 9.17) is 17.0 Å². The molecule has 4 nitrogen and oxygen atoms in total. The fraction of sp³-hybridized carbons (Fsp3) is 0.125. The molecule has 0 aliphatic carbocycles. The van der Waals surface area contributed by atoms with Crippen LogP contribution in [-0.2, 0) is 4.79 Å². The minimum Gasteiger partial charge on any atom is -0.483 e. The molecule has 120 valence electrons. The van der Waals surface area contributed by atoms with Crippen LogP contribution in [0.5, 0.6) is 5.75 Å².